The number of hydrogen-bond donors (Lipinski definition) is 2. The van der Waals surface area contributed by atoms with Gasteiger partial charge in [-0.3, -0.25) is 9.59 Å². The summed E-state index contributed by atoms with van der Waals surface area (Å²) in [5.41, 5.74) is 7.88. The van der Waals surface area contributed by atoms with E-state index in [1.807, 2.05) is 79.7 Å². The van der Waals surface area contributed by atoms with Crippen molar-refractivity contribution in [2.24, 2.45) is 0 Å². The fraction of sp³-hybridized carbons (Fsp3) is 0.375. The van der Waals surface area contributed by atoms with Gasteiger partial charge in [0.25, 0.3) is 11.8 Å². The van der Waals surface area contributed by atoms with Crippen LogP contribution in [0.3, 0.4) is 0 Å². The average molecular weight is 507 g/mol. The molecule has 2 aliphatic rings. The van der Waals surface area contributed by atoms with Crippen LogP contribution in [-0.4, -0.2) is 11.8 Å². The Morgan fingerprint density at radius 1 is 0.553 bits per heavy atom. The lowest BCUT2D eigenvalue weighted by molar-refractivity contribution is -0.117. The van der Waals surface area contributed by atoms with Gasteiger partial charge in [0.05, 0.1) is 45.8 Å². The zero-order chi connectivity index (χ0) is 28.0. The van der Waals surface area contributed by atoms with E-state index in [1.54, 1.807) is 0 Å². The number of nitriles is 2. The smallest absolute Gasteiger partial charge is 0.258 e. The Labute approximate surface area is 225 Å². The minimum atomic E-state index is -0.341. The molecule has 0 unspecified atom stereocenters. The van der Waals surface area contributed by atoms with Gasteiger partial charge in [0.1, 0.15) is 0 Å². The molecule has 2 aromatic rings. The third-order valence-corrected chi connectivity index (χ3v) is 7.37. The van der Waals surface area contributed by atoms with Crippen molar-refractivity contribution in [3.8, 4) is 12.1 Å². The van der Waals surface area contributed by atoms with E-state index in [4.69, 9.17) is 0 Å². The SMILES string of the molecule is CC(C)c1cc(C2=C3C(=O)NC(c4cc(C(C)C)c(C#N)c(C(C)C)c4)=C3C(=O)N2)cc(C(C)C)c1C#N. The number of nitrogens with one attached hydrogen (secondary N) is 2. The maximum Gasteiger partial charge on any atom is 0.258 e. The van der Waals surface area contributed by atoms with Gasteiger partial charge in [-0.25, -0.2) is 0 Å². The molecule has 4 rings (SSSR count). The predicted octanol–water partition coefficient (Wildman–Crippen LogP) is 6.31. The van der Waals surface area contributed by atoms with E-state index in [2.05, 4.69) is 22.8 Å². The second-order valence-corrected chi connectivity index (χ2v) is 11.3. The largest absolute Gasteiger partial charge is 0.321 e. The lowest BCUT2D eigenvalue weighted by Crippen LogP contribution is -2.22. The summed E-state index contributed by atoms with van der Waals surface area (Å²) < 4.78 is 0. The number of carbonyl (C=O) groups excluding carboxylic acids is 2. The topological polar surface area (TPSA) is 106 Å². The van der Waals surface area contributed by atoms with E-state index < -0.39 is 0 Å². The van der Waals surface area contributed by atoms with Gasteiger partial charge < -0.3 is 10.6 Å². The first-order valence-electron chi connectivity index (χ1n) is 13.2. The van der Waals surface area contributed by atoms with Gasteiger partial charge >= 0.3 is 0 Å². The normalized spacial score (nSPS) is 15.0. The average Bonchev–Trinajstić information content (AvgIpc) is 3.39. The number of amides is 2. The molecule has 2 amide bonds. The zero-order valence-corrected chi connectivity index (χ0v) is 23.3. The van der Waals surface area contributed by atoms with Crippen LogP contribution in [0.1, 0.15) is 124 Å². The van der Waals surface area contributed by atoms with Gasteiger partial charge in [-0.05, 0) is 81.3 Å². The fourth-order valence-electron chi connectivity index (χ4n) is 5.36. The number of carbonyl (C=O) groups is 2. The Balaban J connectivity index is 1.99. The third kappa shape index (κ3) is 4.31. The van der Waals surface area contributed by atoms with Gasteiger partial charge in [-0.15, -0.1) is 0 Å². The molecule has 0 aliphatic carbocycles. The van der Waals surface area contributed by atoms with Crippen LogP contribution < -0.4 is 10.6 Å². The number of benzene rings is 2. The summed E-state index contributed by atoms with van der Waals surface area (Å²) in [6, 6.07) is 12.4. The lowest BCUT2D eigenvalue weighted by atomic mass is 9.85. The highest BCUT2D eigenvalue weighted by Gasteiger charge is 2.41. The number of rotatable bonds is 6. The summed E-state index contributed by atoms with van der Waals surface area (Å²) in [6.07, 6.45) is 0. The molecule has 38 heavy (non-hydrogen) atoms. The standard InChI is InChI=1S/C32H34N4O2/c1-15(2)21-9-19(10-22(16(3)4)25(21)13-33)29-27-28(32(38)35-29)30(36-31(27)37)20-11-23(17(5)6)26(14-34)24(12-20)18(7)8/h9-12,15-18H,1-8H3,(H,35,38)(H,36,37). The van der Waals surface area contributed by atoms with Crippen LogP contribution in [0.15, 0.2) is 35.4 Å². The van der Waals surface area contributed by atoms with Gasteiger partial charge in [0.2, 0.25) is 0 Å². The summed E-state index contributed by atoms with van der Waals surface area (Å²) in [5.74, 6) is -0.311. The van der Waals surface area contributed by atoms with Crippen LogP contribution >= 0.6 is 0 Å². The summed E-state index contributed by atoms with van der Waals surface area (Å²) in [6.45, 7) is 16.3. The van der Waals surface area contributed by atoms with Crippen molar-refractivity contribution in [1.29, 1.82) is 10.5 Å². The van der Waals surface area contributed by atoms with Crippen LogP contribution in [0.2, 0.25) is 0 Å². The Morgan fingerprint density at radius 3 is 1.03 bits per heavy atom. The van der Waals surface area contributed by atoms with Gasteiger partial charge in [-0.1, -0.05) is 55.4 Å². The van der Waals surface area contributed by atoms with Crippen molar-refractivity contribution in [3.63, 3.8) is 0 Å². The molecule has 0 spiro atoms. The molecule has 2 aliphatic heterocycles. The van der Waals surface area contributed by atoms with Crippen molar-refractivity contribution < 1.29 is 9.59 Å². The second kappa shape index (κ2) is 9.95. The first-order valence-corrected chi connectivity index (χ1v) is 13.2. The molecule has 2 aromatic carbocycles. The van der Waals surface area contributed by atoms with E-state index in [-0.39, 0.29) is 35.5 Å². The van der Waals surface area contributed by atoms with E-state index in [0.29, 0.717) is 33.7 Å². The Bertz CT molecular complexity index is 1350. The minimum absolute atomic E-state index is 0.0929. The Hall–Kier alpha value is -4.16. The van der Waals surface area contributed by atoms with Gasteiger partial charge in [-0.2, -0.15) is 10.5 Å². The molecule has 194 valence electrons. The van der Waals surface area contributed by atoms with Crippen molar-refractivity contribution >= 4 is 23.2 Å². The molecular weight excluding hydrogens is 472 g/mol. The summed E-state index contributed by atoms with van der Waals surface area (Å²) in [7, 11) is 0. The maximum atomic E-state index is 13.4. The first-order chi connectivity index (χ1) is 17.9. The molecule has 0 fully saturated rings. The van der Waals surface area contributed by atoms with Crippen molar-refractivity contribution in [2.75, 3.05) is 0 Å². The highest BCUT2D eigenvalue weighted by molar-refractivity contribution is 6.30. The summed E-state index contributed by atoms with van der Waals surface area (Å²) >= 11 is 0. The van der Waals surface area contributed by atoms with Crippen molar-refractivity contribution in [2.45, 2.75) is 79.1 Å². The van der Waals surface area contributed by atoms with Crippen LogP contribution in [0.4, 0.5) is 0 Å². The van der Waals surface area contributed by atoms with E-state index >= 15 is 0 Å². The highest BCUT2D eigenvalue weighted by Crippen LogP contribution is 2.41. The molecule has 0 saturated carbocycles. The monoisotopic (exact) mass is 506 g/mol. The first kappa shape index (κ1) is 26.9. The van der Waals surface area contributed by atoms with E-state index in [0.717, 1.165) is 33.4 Å². The van der Waals surface area contributed by atoms with Crippen molar-refractivity contribution in [3.05, 3.63) is 79.9 Å². The minimum Gasteiger partial charge on any atom is -0.321 e. The lowest BCUT2D eigenvalue weighted by Gasteiger charge is -2.19. The summed E-state index contributed by atoms with van der Waals surface area (Å²) in [5, 5.41) is 25.7. The van der Waals surface area contributed by atoms with Crippen LogP contribution in [0, 0.1) is 22.7 Å². The number of nitrogens with zero attached hydrogens (tertiary/aromatic N) is 2. The molecule has 2 N–H and O–H groups in total. The molecule has 0 atom stereocenters. The third-order valence-electron chi connectivity index (χ3n) is 7.37. The zero-order valence-electron chi connectivity index (χ0n) is 23.3. The second-order valence-electron chi connectivity index (χ2n) is 11.3. The molecule has 0 saturated heterocycles. The predicted molar refractivity (Wildman–Crippen MR) is 149 cm³/mol. The summed E-state index contributed by atoms with van der Waals surface area (Å²) in [4.78, 5) is 26.8. The van der Waals surface area contributed by atoms with E-state index in [1.165, 1.54) is 0 Å². The molecule has 0 aromatic heterocycles. The molecule has 6 heteroatoms. The Morgan fingerprint density at radius 2 is 0.816 bits per heavy atom. The van der Waals surface area contributed by atoms with Crippen LogP contribution in [-0.2, 0) is 9.59 Å². The van der Waals surface area contributed by atoms with E-state index in [9.17, 15) is 20.1 Å². The molecule has 0 bridgehead atoms. The molecule has 6 nitrogen and oxygen atoms in total. The van der Waals surface area contributed by atoms with Crippen LogP contribution in [0.5, 0.6) is 0 Å². The fourth-order valence-corrected chi connectivity index (χ4v) is 5.36. The van der Waals surface area contributed by atoms with Gasteiger partial charge in [0, 0.05) is 0 Å². The quantitative estimate of drug-likeness (QED) is 0.479. The molecule has 0 radical (unpaired) electrons. The number of fused-ring (bicyclic) bond motifs is 1. The highest BCUT2D eigenvalue weighted by atomic mass is 16.2. The molecule has 2 heterocycles. The van der Waals surface area contributed by atoms with Gasteiger partial charge in [0.15, 0.2) is 0 Å². The Kier molecular flexibility index (Phi) is 7.04. The van der Waals surface area contributed by atoms with Crippen LogP contribution in [0.25, 0.3) is 11.4 Å². The molecular formula is C32H34N4O2. The van der Waals surface area contributed by atoms with Crippen molar-refractivity contribution in [1.82, 2.24) is 10.6 Å². The number of hydrogen-bond acceptors (Lipinski definition) is 4. The maximum absolute atomic E-state index is 13.4.